The fraction of sp³-hybridized carbons (Fsp3) is 0.467. The molecule has 1 atom stereocenters. The zero-order valence-corrected chi connectivity index (χ0v) is 13.9. The van der Waals surface area contributed by atoms with E-state index in [0.717, 1.165) is 11.1 Å². The molecular weight excluding hydrogens is 318 g/mol. The smallest absolute Gasteiger partial charge is 0.290 e. The van der Waals surface area contributed by atoms with E-state index in [9.17, 15) is 13.2 Å². The van der Waals surface area contributed by atoms with Crippen LogP contribution in [-0.4, -0.2) is 47.1 Å². The number of sulfone groups is 1. The quantitative estimate of drug-likeness (QED) is 0.845. The molecule has 0 unspecified atom stereocenters. The molecule has 0 saturated carbocycles. The molecule has 0 bridgehead atoms. The van der Waals surface area contributed by atoms with E-state index >= 15 is 0 Å². The fourth-order valence-electron chi connectivity index (χ4n) is 2.77. The van der Waals surface area contributed by atoms with Crippen molar-refractivity contribution in [3.05, 3.63) is 41.6 Å². The minimum absolute atomic E-state index is 0.0308. The van der Waals surface area contributed by atoms with Crippen molar-refractivity contribution in [3.8, 4) is 0 Å². The molecule has 0 spiro atoms. The van der Waals surface area contributed by atoms with Gasteiger partial charge in [0.05, 0.1) is 30.0 Å². The van der Waals surface area contributed by atoms with Gasteiger partial charge in [0.1, 0.15) is 0 Å². The first kappa shape index (κ1) is 15.8. The molecule has 0 N–H and O–H groups in total. The highest BCUT2D eigenvalue weighted by Crippen LogP contribution is 2.29. The van der Waals surface area contributed by atoms with Crippen LogP contribution in [0.4, 0.5) is 0 Å². The molecule has 1 amide bonds. The van der Waals surface area contributed by atoms with E-state index < -0.39 is 15.9 Å². The van der Waals surface area contributed by atoms with Crippen LogP contribution in [0.5, 0.6) is 0 Å². The number of nitrogens with zero attached hydrogens (tertiary/aromatic N) is 3. The van der Waals surface area contributed by atoms with E-state index in [1.54, 1.807) is 35.0 Å². The Morgan fingerprint density at radius 1 is 1.48 bits per heavy atom. The molecular formula is C15H19N3O4S. The number of hydrogen-bond donors (Lipinski definition) is 0. The molecule has 1 aliphatic rings. The Labute approximate surface area is 134 Å². The van der Waals surface area contributed by atoms with Gasteiger partial charge in [-0.3, -0.25) is 9.48 Å². The summed E-state index contributed by atoms with van der Waals surface area (Å²) in [6.07, 6.45) is 4.89. The van der Waals surface area contributed by atoms with Gasteiger partial charge in [0, 0.05) is 30.4 Å². The summed E-state index contributed by atoms with van der Waals surface area (Å²) in [5.41, 5.74) is 1.47. The van der Waals surface area contributed by atoms with Gasteiger partial charge in [0.15, 0.2) is 15.6 Å². The van der Waals surface area contributed by atoms with E-state index in [4.69, 9.17) is 4.42 Å². The van der Waals surface area contributed by atoms with Gasteiger partial charge in [0.2, 0.25) is 0 Å². The van der Waals surface area contributed by atoms with Gasteiger partial charge in [-0.2, -0.15) is 5.10 Å². The van der Waals surface area contributed by atoms with Crippen molar-refractivity contribution < 1.29 is 17.6 Å². The number of carbonyl (C=O) groups is 1. The Balaban J connectivity index is 1.96. The average molecular weight is 337 g/mol. The topological polar surface area (TPSA) is 85.4 Å². The largest absolute Gasteiger partial charge is 0.459 e. The number of carbonyl (C=O) groups excluding carboxylic acids is 1. The number of amides is 1. The second-order valence-corrected chi connectivity index (χ2v) is 7.92. The molecule has 23 heavy (non-hydrogen) atoms. The Hall–Kier alpha value is -2.09. The summed E-state index contributed by atoms with van der Waals surface area (Å²) in [7, 11) is -3.18. The molecule has 0 aromatic carbocycles. The summed E-state index contributed by atoms with van der Waals surface area (Å²) in [5.74, 6) is -0.140. The van der Waals surface area contributed by atoms with Crippen molar-refractivity contribution in [2.45, 2.75) is 26.4 Å². The number of aryl methyl sites for hydroxylation is 2. The van der Waals surface area contributed by atoms with Gasteiger partial charge >= 0.3 is 0 Å². The molecule has 3 heterocycles. The number of aromatic nitrogens is 2. The highest BCUT2D eigenvalue weighted by atomic mass is 32.2. The zero-order chi connectivity index (χ0) is 16.6. The molecule has 8 heteroatoms. The monoisotopic (exact) mass is 337 g/mol. The maximum Gasteiger partial charge on any atom is 0.290 e. The standard InChI is InChI=1S/C15H19N3O4S/c1-3-17-9-12(8-16-17)13-10-23(20,21)7-5-18(13)15(19)14-11(2)4-6-22-14/h4,6,8-9,13H,3,5,7,10H2,1-2H3/t13-/m1/s1. The lowest BCUT2D eigenvalue weighted by molar-refractivity contribution is 0.0663. The summed E-state index contributed by atoms with van der Waals surface area (Å²) in [5, 5.41) is 4.19. The molecule has 0 aliphatic carbocycles. The Morgan fingerprint density at radius 3 is 2.87 bits per heavy atom. The van der Waals surface area contributed by atoms with Crippen molar-refractivity contribution >= 4 is 15.7 Å². The minimum Gasteiger partial charge on any atom is -0.459 e. The van der Waals surface area contributed by atoms with Crippen LogP contribution in [0.1, 0.15) is 34.6 Å². The SMILES string of the molecule is CCn1cc([C@H]2CS(=O)(=O)CCN2C(=O)c2occc2C)cn1. The first-order chi connectivity index (χ1) is 10.9. The first-order valence-corrected chi connectivity index (χ1v) is 9.31. The summed E-state index contributed by atoms with van der Waals surface area (Å²) in [6, 6.07) is 1.18. The van der Waals surface area contributed by atoms with Gasteiger partial charge in [0.25, 0.3) is 5.91 Å². The third-order valence-electron chi connectivity index (χ3n) is 4.11. The lowest BCUT2D eigenvalue weighted by Gasteiger charge is -2.34. The number of rotatable bonds is 3. The molecule has 124 valence electrons. The maximum atomic E-state index is 12.8. The van der Waals surface area contributed by atoms with Crippen LogP contribution < -0.4 is 0 Å². The van der Waals surface area contributed by atoms with Gasteiger partial charge in [-0.1, -0.05) is 0 Å². The van der Waals surface area contributed by atoms with E-state index in [0.29, 0.717) is 6.54 Å². The fourth-order valence-corrected chi connectivity index (χ4v) is 4.27. The average Bonchev–Trinajstić information content (AvgIpc) is 3.14. The van der Waals surface area contributed by atoms with Crippen LogP contribution in [0.2, 0.25) is 0 Å². The lowest BCUT2D eigenvalue weighted by Crippen LogP contribution is -2.46. The Morgan fingerprint density at radius 2 is 2.26 bits per heavy atom. The third kappa shape index (κ3) is 3.03. The molecule has 2 aromatic rings. The predicted molar refractivity (Wildman–Crippen MR) is 83.8 cm³/mol. The number of hydrogen-bond acceptors (Lipinski definition) is 5. The predicted octanol–water partition coefficient (Wildman–Crippen LogP) is 1.42. The van der Waals surface area contributed by atoms with Crippen LogP contribution >= 0.6 is 0 Å². The van der Waals surface area contributed by atoms with Gasteiger partial charge in [-0.25, -0.2) is 8.42 Å². The minimum atomic E-state index is -3.18. The van der Waals surface area contributed by atoms with E-state index in [1.807, 2.05) is 6.92 Å². The highest BCUT2D eigenvalue weighted by Gasteiger charge is 2.37. The molecule has 1 saturated heterocycles. The molecule has 2 aromatic heterocycles. The van der Waals surface area contributed by atoms with Gasteiger partial charge in [-0.05, 0) is 19.9 Å². The van der Waals surface area contributed by atoms with E-state index in [1.165, 1.54) is 6.26 Å². The van der Waals surface area contributed by atoms with Crippen LogP contribution in [-0.2, 0) is 16.4 Å². The molecule has 7 nitrogen and oxygen atoms in total. The normalized spacial score (nSPS) is 20.6. The third-order valence-corrected chi connectivity index (χ3v) is 5.74. The van der Waals surface area contributed by atoms with Crippen molar-refractivity contribution in [1.82, 2.24) is 14.7 Å². The highest BCUT2D eigenvalue weighted by molar-refractivity contribution is 7.91. The summed E-state index contributed by atoms with van der Waals surface area (Å²) in [4.78, 5) is 14.3. The van der Waals surface area contributed by atoms with Crippen molar-refractivity contribution in [2.75, 3.05) is 18.1 Å². The van der Waals surface area contributed by atoms with Crippen molar-refractivity contribution in [3.63, 3.8) is 0 Å². The summed E-state index contributed by atoms with van der Waals surface area (Å²) in [6.45, 7) is 4.58. The summed E-state index contributed by atoms with van der Waals surface area (Å²) < 4.78 is 31.1. The van der Waals surface area contributed by atoms with Crippen LogP contribution in [0.3, 0.4) is 0 Å². The summed E-state index contributed by atoms with van der Waals surface area (Å²) >= 11 is 0. The van der Waals surface area contributed by atoms with Crippen LogP contribution in [0.25, 0.3) is 0 Å². The zero-order valence-electron chi connectivity index (χ0n) is 13.1. The molecule has 1 aliphatic heterocycles. The maximum absolute atomic E-state index is 12.8. The molecule has 0 radical (unpaired) electrons. The van der Waals surface area contributed by atoms with Crippen LogP contribution in [0, 0.1) is 6.92 Å². The molecule has 3 rings (SSSR count). The first-order valence-electron chi connectivity index (χ1n) is 7.49. The lowest BCUT2D eigenvalue weighted by atomic mass is 10.1. The van der Waals surface area contributed by atoms with Gasteiger partial charge < -0.3 is 9.32 Å². The Kier molecular flexibility index (Phi) is 4.01. The van der Waals surface area contributed by atoms with Crippen molar-refractivity contribution in [1.29, 1.82) is 0 Å². The van der Waals surface area contributed by atoms with Gasteiger partial charge in [-0.15, -0.1) is 0 Å². The Bertz CT molecular complexity index is 821. The second-order valence-electron chi connectivity index (χ2n) is 5.69. The second kappa shape index (κ2) is 5.84. The van der Waals surface area contributed by atoms with Crippen molar-refractivity contribution in [2.24, 2.45) is 0 Å². The van der Waals surface area contributed by atoms with E-state index in [-0.39, 0.29) is 29.7 Å². The molecule has 1 fully saturated rings. The van der Waals surface area contributed by atoms with Crippen LogP contribution in [0.15, 0.2) is 29.1 Å². The number of furan rings is 1. The van der Waals surface area contributed by atoms with E-state index in [2.05, 4.69) is 5.10 Å².